The van der Waals surface area contributed by atoms with Crippen LogP contribution in [0.1, 0.15) is 33.2 Å². The van der Waals surface area contributed by atoms with Crippen molar-refractivity contribution in [1.82, 2.24) is 0 Å². The van der Waals surface area contributed by atoms with E-state index in [9.17, 15) is 27.9 Å². The first-order chi connectivity index (χ1) is 10.7. The Hall–Kier alpha value is -2.61. The fraction of sp³-hybridized carbons (Fsp3) is 0.200. The van der Waals surface area contributed by atoms with E-state index in [4.69, 9.17) is 0 Å². The van der Waals surface area contributed by atoms with Crippen molar-refractivity contribution in [2.75, 3.05) is 7.11 Å². The minimum atomic E-state index is -4.51. The number of aliphatic hydroxyl groups excluding tert-OH is 1. The third-order valence-corrected chi connectivity index (χ3v) is 3.11. The molecule has 2 aromatic rings. The number of hydrogen-bond donors (Lipinski definition) is 1. The lowest BCUT2D eigenvalue weighted by Crippen LogP contribution is -2.15. The third-order valence-electron chi connectivity index (χ3n) is 3.11. The van der Waals surface area contributed by atoms with Gasteiger partial charge in [0, 0.05) is 0 Å². The molecule has 1 aromatic heterocycles. The van der Waals surface area contributed by atoms with Crippen molar-refractivity contribution in [3.05, 3.63) is 69.3 Å². The van der Waals surface area contributed by atoms with E-state index in [-0.39, 0.29) is 16.7 Å². The van der Waals surface area contributed by atoms with Crippen molar-refractivity contribution < 1.29 is 32.2 Å². The van der Waals surface area contributed by atoms with Gasteiger partial charge in [-0.05, 0) is 23.8 Å². The van der Waals surface area contributed by atoms with Gasteiger partial charge in [0.05, 0.1) is 23.8 Å². The predicted molar refractivity (Wildman–Crippen MR) is 71.8 cm³/mol. The zero-order valence-electron chi connectivity index (χ0n) is 11.8. The average Bonchev–Trinajstić information content (AvgIpc) is 2.53. The number of hydrogen-bond acceptors (Lipinski definition) is 5. The van der Waals surface area contributed by atoms with Gasteiger partial charge in [0.2, 0.25) is 0 Å². The van der Waals surface area contributed by atoms with Crippen LogP contribution in [0.5, 0.6) is 0 Å². The van der Waals surface area contributed by atoms with Crippen molar-refractivity contribution in [1.29, 1.82) is 0 Å². The molecule has 0 radical (unpaired) electrons. The maximum absolute atomic E-state index is 12.5. The molecule has 0 saturated carbocycles. The second kappa shape index (κ2) is 6.25. The van der Waals surface area contributed by atoms with E-state index in [1.807, 2.05) is 0 Å². The van der Waals surface area contributed by atoms with Gasteiger partial charge in [-0.15, -0.1) is 0 Å². The van der Waals surface area contributed by atoms with Crippen molar-refractivity contribution in [3.8, 4) is 0 Å². The standard InChI is InChI=1S/C15H11F3O5/c1-22-13(20)9-6-11(14(21)23-7-9)12(19)8-2-4-10(5-3-8)15(16,17)18/h2-7,12,19H,1H3. The summed E-state index contributed by atoms with van der Waals surface area (Å²) in [4.78, 5) is 23.1. The molecule has 0 bridgehead atoms. The number of benzene rings is 1. The first kappa shape index (κ1) is 16.8. The summed E-state index contributed by atoms with van der Waals surface area (Å²) in [6.45, 7) is 0. The molecule has 0 fully saturated rings. The molecule has 0 spiro atoms. The minimum absolute atomic E-state index is 0.0484. The van der Waals surface area contributed by atoms with E-state index in [0.29, 0.717) is 0 Å². The van der Waals surface area contributed by atoms with Crippen LogP contribution >= 0.6 is 0 Å². The van der Waals surface area contributed by atoms with Crippen LogP contribution in [0.25, 0.3) is 0 Å². The largest absolute Gasteiger partial charge is 0.465 e. The Labute approximate surface area is 127 Å². The highest BCUT2D eigenvalue weighted by Gasteiger charge is 2.30. The highest BCUT2D eigenvalue weighted by atomic mass is 19.4. The van der Waals surface area contributed by atoms with E-state index in [1.165, 1.54) is 0 Å². The summed E-state index contributed by atoms with van der Waals surface area (Å²) in [5.74, 6) is -0.783. The smallest absolute Gasteiger partial charge is 0.416 e. The summed E-state index contributed by atoms with van der Waals surface area (Å²) in [5, 5.41) is 10.2. The fourth-order valence-corrected chi connectivity index (χ4v) is 1.89. The number of halogens is 3. The number of rotatable bonds is 3. The maximum Gasteiger partial charge on any atom is 0.416 e. The van der Waals surface area contributed by atoms with Gasteiger partial charge >= 0.3 is 17.8 Å². The number of alkyl halides is 3. The lowest BCUT2D eigenvalue weighted by Gasteiger charge is -2.12. The van der Waals surface area contributed by atoms with E-state index >= 15 is 0 Å². The molecular weight excluding hydrogens is 317 g/mol. The Morgan fingerprint density at radius 3 is 2.39 bits per heavy atom. The van der Waals surface area contributed by atoms with Crippen molar-refractivity contribution in [2.24, 2.45) is 0 Å². The zero-order chi connectivity index (χ0) is 17.2. The first-order valence-corrected chi connectivity index (χ1v) is 6.30. The number of methoxy groups -OCH3 is 1. The number of esters is 1. The van der Waals surface area contributed by atoms with Crippen LogP contribution in [0, 0.1) is 0 Å². The molecule has 2 rings (SSSR count). The highest BCUT2D eigenvalue weighted by Crippen LogP contribution is 2.30. The Morgan fingerprint density at radius 2 is 1.87 bits per heavy atom. The summed E-state index contributed by atoms with van der Waals surface area (Å²) >= 11 is 0. The first-order valence-electron chi connectivity index (χ1n) is 6.30. The molecule has 0 aliphatic rings. The third kappa shape index (κ3) is 3.59. The molecule has 0 aliphatic heterocycles. The number of carbonyl (C=O) groups excluding carboxylic acids is 1. The normalized spacial score (nSPS) is 12.7. The zero-order valence-corrected chi connectivity index (χ0v) is 11.8. The maximum atomic E-state index is 12.5. The molecule has 1 N–H and O–H groups in total. The Morgan fingerprint density at radius 1 is 1.26 bits per heavy atom. The molecule has 1 heterocycles. The van der Waals surface area contributed by atoms with Gasteiger partial charge in [0.25, 0.3) is 0 Å². The van der Waals surface area contributed by atoms with Crippen LogP contribution < -0.4 is 5.63 Å². The van der Waals surface area contributed by atoms with E-state index in [1.54, 1.807) is 0 Å². The number of aliphatic hydroxyl groups is 1. The lowest BCUT2D eigenvalue weighted by molar-refractivity contribution is -0.137. The van der Waals surface area contributed by atoms with Crippen LogP contribution in [0.2, 0.25) is 0 Å². The topological polar surface area (TPSA) is 76.7 Å². The molecule has 0 saturated heterocycles. The Bertz CT molecular complexity index is 762. The van der Waals surface area contributed by atoms with Crippen molar-refractivity contribution in [3.63, 3.8) is 0 Å². The van der Waals surface area contributed by atoms with E-state index in [2.05, 4.69) is 9.15 Å². The van der Waals surface area contributed by atoms with Crippen LogP contribution in [0.3, 0.4) is 0 Å². The average molecular weight is 328 g/mol. The van der Waals surface area contributed by atoms with E-state index in [0.717, 1.165) is 43.7 Å². The van der Waals surface area contributed by atoms with E-state index < -0.39 is 29.4 Å². The van der Waals surface area contributed by atoms with Crippen LogP contribution in [-0.2, 0) is 10.9 Å². The molecule has 5 nitrogen and oxygen atoms in total. The molecule has 0 amide bonds. The monoisotopic (exact) mass is 328 g/mol. The van der Waals surface area contributed by atoms with Gasteiger partial charge in [0.15, 0.2) is 0 Å². The van der Waals surface area contributed by atoms with Crippen LogP contribution in [0.4, 0.5) is 13.2 Å². The SMILES string of the molecule is COC(=O)c1coc(=O)c(C(O)c2ccc(C(F)(F)F)cc2)c1. The quantitative estimate of drug-likeness (QED) is 0.876. The minimum Gasteiger partial charge on any atom is -0.465 e. The van der Waals surface area contributed by atoms with Crippen LogP contribution in [-0.4, -0.2) is 18.2 Å². The molecular formula is C15H11F3O5. The summed E-state index contributed by atoms with van der Waals surface area (Å²) < 4.78 is 46.6. The summed E-state index contributed by atoms with van der Waals surface area (Å²) in [6, 6.07) is 4.71. The number of ether oxygens (including phenoxy) is 1. The second-order valence-corrected chi connectivity index (χ2v) is 4.59. The molecule has 8 heteroatoms. The van der Waals surface area contributed by atoms with Crippen molar-refractivity contribution >= 4 is 5.97 Å². The fourth-order valence-electron chi connectivity index (χ4n) is 1.89. The molecule has 122 valence electrons. The molecule has 23 heavy (non-hydrogen) atoms. The molecule has 0 aliphatic carbocycles. The van der Waals surface area contributed by atoms with Crippen LogP contribution in [0.15, 0.2) is 45.8 Å². The number of carbonyl (C=O) groups is 1. The van der Waals surface area contributed by atoms with Gasteiger partial charge < -0.3 is 14.3 Å². The van der Waals surface area contributed by atoms with Gasteiger partial charge in [-0.1, -0.05) is 12.1 Å². The summed E-state index contributed by atoms with van der Waals surface area (Å²) in [5.41, 5.74) is -2.14. The van der Waals surface area contributed by atoms with Gasteiger partial charge in [0.1, 0.15) is 12.4 Å². The van der Waals surface area contributed by atoms with Gasteiger partial charge in [-0.3, -0.25) is 0 Å². The second-order valence-electron chi connectivity index (χ2n) is 4.59. The summed E-state index contributed by atoms with van der Waals surface area (Å²) in [6.07, 6.45) is -5.18. The summed E-state index contributed by atoms with van der Waals surface area (Å²) in [7, 11) is 1.12. The Balaban J connectivity index is 2.38. The molecule has 1 aromatic carbocycles. The predicted octanol–water partition coefficient (Wildman–Crippen LogP) is 2.53. The highest BCUT2D eigenvalue weighted by molar-refractivity contribution is 5.88. The van der Waals surface area contributed by atoms with Gasteiger partial charge in [-0.2, -0.15) is 13.2 Å². The van der Waals surface area contributed by atoms with Crippen molar-refractivity contribution in [2.45, 2.75) is 12.3 Å². The Kier molecular flexibility index (Phi) is 4.55. The molecule has 1 atom stereocenters. The van der Waals surface area contributed by atoms with Gasteiger partial charge in [-0.25, -0.2) is 9.59 Å². The molecule has 1 unspecified atom stereocenters. The lowest BCUT2D eigenvalue weighted by atomic mass is 10.0.